The van der Waals surface area contributed by atoms with E-state index in [0.29, 0.717) is 12.0 Å². The molecule has 2 aromatic rings. The van der Waals surface area contributed by atoms with Gasteiger partial charge in [0.05, 0.1) is 0 Å². The van der Waals surface area contributed by atoms with Gasteiger partial charge in [-0.15, -0.1) is 24.8 Å². The van der Waals surface area contributed by atoms with Crippen molar-refractivity contribution < 1.29 is 4.74 Å². The smallest absolute Gasteiger partial charge is 0.0469 e. The van der Waals surface area contributed by atoms with E-state index in [2.05, 4.69) is 52.7 Å². The first-order valence-corrected chi connectivity index (χ1v) is 8.93. The third-order valence-electron chi connectivity index (χ3n) is 5.40. The fraction of sp³-hybridized carbons (Fsp3) is 0.500. The molecule has 138 valence electrons. The fourth-order valence-electron chi connectivity index (χ4n) is 4.25. The van der Waals surface area contributed by atoms with Crippen molar-refractivity contribution in [3.63, 3.8) is 0 Å². The Bertz CT molecular complexity index is 632. The molecule has 0 aliphatic carbocycles. The number of nitrogens with one attached hydrogen (secondary N) is 1. The van der Waals surface area contributed by atoms with Gasteiger partial charge in [-0.1, -0.05) is 42.5 Å². The second-order valence-electron chi connectivity index (χ2n) is 6.75. The standard InChI is InChI=1S/C20H26N2O.2ClH/c1-2-6-18-16(4-1)5-3-7-19(18)20(17-8-14-23-15-9-17)22-12-10-21-11-13-22;;/h1-7,17,20-21H,8-15H2;2*1H/t20-;;/m0../s1. The van der Waals surface area contributed by atoms with E-state index in [-0.39, 0.29) is 24.8 Å². The molecule has 3 nitrogen and oxygen atoms in total. The zero-order chi connectivity index (χ0) is 15.5. The molecule has 2 aromatic carbocycles. The molecule has 0 aromatic heterocycles. The molecule has 1 N–H and O–H groups in total. The molecule has 5 heteroatoms. The highest BCUT2D eigenvalue weighted by Crippen LogP contribution is 2.38. The Morgan fingerprint density at radius 1 is 0.920 bits per heavy atom. The van der Waals surface area contributed by atoms with E-state index in [1.807, 2.05) is 0 Å². The van der Waals surface area contributed by atoms with E-state index in [0.717, 1.165) is 39.4 Å². The Morgan fingerprint density at radius 2 is 1.60 bits per heavy atom. The molecule has 0 unspecified atom stereocenters. The minimum absolute atomic E-state index is 0. The number of piperazine rings is 1. The Kier molecular flexibility index (Phi) is 7.98. The van der Waals surface area contributed by atoms with E-state index >= 15 is 0 Å². The van der Waals surface area contributed by atoms with Gasteiger partial charge in [-0.05, 0) is 35.1 Å². The third kappa shape index (κ3) is 4.47. The van der Waals surface area contributed by atoms with Gasteiger partial charge in [0, 0.05) is 45.4 Å². The molecule has 2 fully saturated rings. The summed E-state index contributed by atoms with van der Waals surface area (Å²) in [7, 11) is 0. The molecule has 2 aliphatic heterocycles. The van der Waals surface area contributed by atoms with Crippen molar-refractivity contribution in [2.45, 2.75) is 18.9 Å². The quantitative estimate of drug-likeness (QED) is 0.865. The predicted molar refractivity (Wildman–Crippen MR) is 109 cm³/mol. The average molecular weight is 383 g/mol. The highest BCUT2D eigenvalue weighted by atomic mass is 35.5. The van der Waals surface area contributed by atoms with Crippen LogP contribution in [0.3, 0.4) is 0 Å². The van der Waals surface area contributed by atoms with E-state index in [1.165, 1.54) is 29.2 Å². The molecule has 1 atom stereocenters. The molecule has 0 radical (unpaired) electrons. The minimum Gasteiger partial charge on any atom is -0.381 e. The maximum absolute atomic E-state index is 5.63. The Labute approximate surface area is 162 Å². The van der Waals surface area contributed by atoms with Gasteiger partial charge in [-0.3, -0.25) is 4.90 Å². The van der Waals surface area contributed by atoms with Crippen molar-refractivity contribution in [2.24, 2.45) is 5.92 Å². The van der Waals surface area contributed by atoms with Crippen LogP contribution in [0.2, 0.25) is 0 Å². The van der Waals surface area contributed by atoms with Crippen LogP contribution >= 0.6 is 24.8 Å². The maximum Gasteiger partial charge on any atom is 0.0469 e. The van der Waals surface area contributed by atoms with Crippen LogP contribution in [0.4, 0.5) is 0 Å². The maximum atomic E-state index is 5.63. The second kappa shape index (κ2) is 9.75. The molecule has 4 rings (SSSR count). The molecule has 0 amide bonds. The van der Waals surface area contributed by atoms with Gasteiger partial charge in [0.2, 0.25) is 0 Å². The first-order valence-electron chi connectivity index (χ1n) is 8.93. The topological polar surface area (TPSA) is 24.5 Å². The van der Waals surface area contributed by atoms with E-state index in [4.69, 9.17) is 4.74 Å². The van der Waals surface area contributed by atoms with Gasteiger partial charge in [0.15, 0.2) is 0 Å². The first-order chi connectivity index (χ1) is 11.4. The van der Waals surface area contributed by atoms with Gasteiger partial charge in [0.1, 0.15) is 0 Å². The van der Waals surface area contributed by atoms with Crippen molar-refractivity contribution in [1.82, 2.24) is 10.2 Å². The Hall–Kier alpha value is -0.840. The van der Waals surface area contributed by atoms with Crippen LogP contribution in [0, 0.1) is 5.92 Å². The van der Waals surface area contributed by atoms with Crippen LogP contribution in [0.5, 0.6) is 0 Å². The number of ether oxygens (including phenoxy) is 1. The number of rotatable bonds is 3. The van der Waals surface area contributed by atoms with Crippen molar-refractivity contribution in [3.8, 4) is 0 Å². The molecular weight excluding hydrogens is 355 g/mol. The lowest BCUT2D eigenvalue weighted by Gasteiger charge is -2.41. The zero-order valence-electron chi connectivity index (χ0n) is 14.5. The van der Waals surface area contributed by atoms with Crippen LogP contribution in [-0.4, -0.2) is 44.3 Å². The van der Waals surface area contributed by atoms with Crippen molar-refractivity contribution >= 4 is 35.6 Å². The fourth-order valence-corrected chi connectivity index (χ4v) is 4.25. The molecule has 2 aliphatic rings. The SMILES string of the molecule is Cl.Cl.c1ccc2c([C@H](C3CCOCC3)N3CCNCC3)cccc2c1. The van der Waals surface area contributed by atoms with Gasteiger partial charge in [0.25, 0.3) is 0 Å². The van der Waals surface area contributed by atoms with Crippen molar-refractivity contribution in [3.05, 3.63) is 48.0 Å². The number of hydrogen-bond donors (Lipinski definition) is 1. The van der Waals surface area contributed by atoms with Crippen LogP contribution < -0.4 is 5.32 Å². The first kappa shape index (κ1) is 20.5. The van der Waals surface area contributed by atoms with Gasteiger partial charge in [-0.2, -0.15) is 0 Å². The van der Waals surface area contributed by atoms with Crippen molar-refractivity contribution in [2.75, 3.05) is 39.4 Å². The molecular formula is C20H28Cl2N2O. The minimum atomic E-state index is 0. The normalized spacial score (nSPS) is 20.5. The summed E-state index contributed by atoms with van der Waals surface area (Å²) < 4.78 is 5.63. The molecule has 0 spiro atoms. The van der Waals surface area contributed by atoms with Gasteiger partial charge in [-0.25, -0.2) is 0 Å². The van der Waals surface area contributed by atoms with Crippen LogP contribution in [0.25, 0.3) is 10.8 Å². The Balaban J connectivity index is 0.00000113. The third-order valence-corrected chi connectivity index (χ3v) is 5.40. The number of halogens is 2. The van der Waals surface area contributed by atoms with E-state index in [1.54, 1.807) is 0 Å². The summed E-state index contributed by atoms with van der Waals surface area (Å²) in [6.07, 6.45) is 2.36. The molecule has 2 heterocycles. The van der Waals surface area contributed by atoms with E-state index < -0.39 is 0 Å². The van der Waals surface area contributed by atoms with Gasteiger partial charge < -0.3 is 10.1 Å². The number of fused-ring (bicyclic) bond motifs is 1. The lowest BCUT2D eigenvalue weighted by molar-refractivity contribution is 0.0217. The molecule has 2 saturated heterocycles. The number of nitrogens with zero attached hydrogens (tertiary/aromatic N) is 1. The molecule has 25 heavy (non-hydrogen) atoms. The number of hydrogen-bond acceptors (Lipinski definition) is 3. The highest BCUT2D eigenvalue weighted by Gasteiger charge is 2.32. The number of benzene rings is 2. The summed E-state index contributed by atoms with van der Waals surface area (Å²) in [6, 6.07) is 16.2. The summed E-state index contributed by atoms with van der Waals surface area (Å²) in [5.74, 6) is 0.702. The summed E-state index contributed by atoms with van der Waals surface area (Å²) >= 11 is 0. The molecule has 0 bridgehead atoms. The lowest BCUT2D eigenvalue weighted by atomic mass is 9.83. The predicted octanol–water partition coefficient (Wildman–Crippen LogP) is 4.06. The monoisotopic (exact) mass is 382 g/mol. The van der Waals surface area contributed by atoms with Crippen LogP contribution in [0.15, 0.2) is 42.5 Å². The Morgan fingerprint density at radius 3 is 2.36 bits per heavy atom. The van der Waals surface area contributed by atoms with Crippen LogP contribution in [-0.2, 0) is 4.74 Å². The van der Waals surface area contributed by atoms with Gasteiger partial charge >= 0.3 is 0 Å². The average Bonchev–Trinajstić information content (AvgIpc) is 2.64. The largest absolute Gasteiger partial charge is 0.381 e. The lowest BCUT2D eigenvalue weighted by Crippen LogP contribution is -2.47. The second-order valence-corrected chi connectivity index (χ2v) is 6.75. The van der Waals surface area contributed by atoms with E-state index in [9.17, 15) is 0 Å². The van der Waals surface area contributed by atoms with Crippen LogP contribution in [0.1, 0.15) is 24.4 Å². The highest BCUT2D eigenvalue weighted by molar-refractivity contribution is 5.86. The summed E-state index contributed by atoms with van der Waals surface area (Å²) in [5.41, 5.74) is 1.51. The summed E-state index contributed by atoms with van der Waals surface area (Å²) in [4.78, 5) is 2.70. The summed E-state index contributed by atoms with van der Waals surface area (Å²) in [5, 5.41) is 6.27. The zero-order valence-corrected chi connectivity index (χ0v) is 16.2. The molecule has 0 saturated carbocycles. The van der Waals surface area contributed by atoms with Crippen molar-refractivity contribution in [1.29, 1.82) is 0 Å². The summed E-state index contributed by atoms with van der Waals surface area (Å²) in [6.45, 7) is 6.32.